The fourth-order valence-electron chi connectivity index (χ4n) is 2.32. The van der Waals surface area contributed by atoms with Gasteiger partial charge in [0.2, 0.25) is 6.20 Å². The molecule has 1 N–H and O–H groups in total. The van der Waals surface area contributed by atoms with Crippen molar-refractivity contribution in [3.05, 3.63) is 76.2 Å². The van der Waals surface area contributed by atoms with Crippen molar-refractivity contribution in [1.82, 2.24) is 4.98 Å². The molecule has 104 valence electrons. The molecular formula is C16H11FN2O2. The molecule has 0 unspecified atom stereocenters. The first-order valence-corrected chi connectivity index (χ1v) is 6.33. The highest BCUT2D eigenvalue weighted by atomic mass is 19.1. The zero-order valence-corrected chi connectivity index (χ0v) is 10.9. The number of nitrogens with zero attached hydrogens (tertiary/aromatic N) is 1. The molecule has 21 heavy (non-hydrogen) atoms. The van der Waals surface area contributed by atoms with E-state index in [1.807, 2.05) is 24.3 Å². The minimum Gasteiger partial charge on any atom is -0.354 e. The second-order valence-electron chi connectivity index (χ2n) is 4.57. The van der Waals surface area contributed by atoms with Gasteiger partial charge in [-0.25, -0.2) is 4.39 Å². The summed E-state index contributed by atoms with van der Waals surface area (Å²) in [5, 5.41) is 11.5. The van der Waals surface area contributed by atoms with Crippen LogP contribution >= 0.6 is 0 Å². The maximum atomic E-state index is 13.0. The van der Waals surface area contributed by atoms with E-state index in [9.17, 15) is 14.5 Å². The SMILES string of the molecule is O=[N+]([O-])C=Cc1c(-c2ccc(F)cc2)[nH]c2ccccc12. The molecule has 4 nitrogen and oxygen atoms in total. The van der Waals surface area contributed by atoms with Gasteiger partial charge in [0.1, 0.15) is 5.82 Å². The van der Waals surface area contributed by atoms with Gasteiger partial charge in [-0.2, -0.15) is 0 Å². The highest BCUT2D eigenvalue weighted by molar-refractivity contribution is 5.96. The maximum absolute atomic E-state index is 13.0. The Labute approximate surface area is 119 Å². The molecule has 0 radical (unpaired) electrons. The first-order valence-electron chi connectivity index (χ1n) is 6.33. The minimum absolute atomic E-state index is 0.322. The van der Waals surface area contributed by atoms with Gasteiger partial charge in [-0.15, -0.1) is 0 Å². The summed E-state index contributed by atoms with van der Waals surface area (Å²) >= 11 is 0. The number of nitrogens with one attached hydrogen (secondary N) is 1. The van der Waals surface area contributed by atoms with E-state index in [4.69, 9.17) is 0 Å². The number of nitro groups is 1. The van der Waals surface area contributed by atoms with Crippen LogP contribution in [0.1, 0.15) is 5.56 Å². The summed E-state index contributed by atoms with van der Waals surface area (Å²) in [5.41, 5.74) is 3.10. The van der Waals surface area contributed by atoms with Crippen molar-refractivity contribution in [3.63, 3.8) is 0 Å². The predicted molar refractivity (Wildman–Crippen MR) is 79.7 cm³/mol. The van der Waals surface area contributed by atoms with Gasteiger partial charge in [-0.1, -0.05) is 18.2 Å². The van der Waals surface area contributed by atoms with E-state index >= 15 is 0 Å². The number of benzene rings is 2. The molecule has 0 fully saturated rings. The van der Waals surface area contributed by atoms with E-state index in [1.165, 1.54) is 18.2 Å². The lowest BCUT2D eigenvalue weighted by Crippen LogP contribution is -1.85. The highest BCUT2D eigenvalue weighted by Gasteiger charge is 2.11. The Kier molecular flexibility index (Phi) is 3.23. The molecule has 0 aliphatic rings. The molecule has 0 saturated heterocycles. The Balaban J connectivity index is 2.23. The fourth-order valence-corrected chi connectivity index (χ4v) is 2.32. The van der Waals surface area contributed by atoms with Crippen LogP contribution in [0.4, 0.5) is 4.39 Å². The summed E-state index contributed by atoms with van der Waals surface area (Å²) in [4.78, 5) is 13.3. The molecule has 0 aliphatic carbocycles. The summed E-state index contributed by atoms with van der Waals surface area (Å²) in [6.07, 6.45) is 2.36. The van der Waals surface area contributed by atoms with Crippen LogP contribution in [0.25, 0.3) is 28.2 Å². The van der Waals surface area contributed by atoms with Crippen LogP contribution in [0.2, 0.25) is 0 Å². The summed E-state index contributed by atoms with van der Waals surface area (Å²) in [6.45, 7) is 0. The van der Waals surface area contributed by atoms with Crippen LogP contribution in [0.3, 0.4) is 0 Å². The third kappa shape index (κ3) is 2.53. The van der Waals surface area contributed by atoms with Crippen LogP contribution < -0.4 is 0 Å². The van der Waals surface area contributed by atoms with E-state index in [0.29, 0.717) is 5.56 Å². The molecule has 0 aliphatic heterocycles. The summed E-state index contributed by atoms with van der Waals surface area (Å²) in [5.74, 6) is -0.322. The van der Waals surface area contributed by atoms with Crippen molar-refractivity contribution in [2.45, 2.75) is 0 Å². The number of hydrogen-bond donors (Lipinski definition) is 1. The molecule has 0 spiro atoms. The third-order valence-electron chi connectivity index (χ3n) is 3.24. The van der Waals surface area contributed by atoms with Crippen LogP contribution in [-0.2, 0) is 0 Å². The Hall–Kier alpha value is -2.95. The average molecular weight is 282 g/mol. The molecule has 3 rings (SSSR count). The van der Waals surface area contributed by atoms with E-state index in [-0.39, 0.29) is 5.82 Å². The average Bonchev–Trinajstić information content (AvgIpc) is 2.84. The topological polar surface area (TPSA) is 58.9 Å². The molecule has 2 aromatic carbocycles. The van der Waals surface area contributed by atoms with Gasteiger partial charge < -0.3 is 4.98 Å². The molecule has 0 atom stereocenters. The molecular weight excluding hydrogens is 271 g/mol. The highest BCUT2D eigenvalue weighted by Crippen LogP contribution is 2.31. The van der Waals surface area contributed by atoms with Crippen molar-refractivity contribution in [2.24, 2.45) is 0 Å². The largest absolute Gasteiger partial charge is 0.354 e. The number of halogens is 1. The van der Waals surface area contributed by atoms with Gasteiger partial charge in [0.15, 0.2) is 0 Å². The van der Waals surface area contributed by atoms with E-state index in [0.717, 1.165) is 28.4 Å². The Morgan fingerprint density at radius 3 is 2.52 bits per heavy atom. The molecule has 1 aromatic heterocycles. The molecule has 0 bridgehead atoms. The molecule has 1 heterocycles. The second-order valence-corrected chi connectivity index (χ2v) is 4.57. The summed E-state index contributed by atoms with van der Waals surface area (Å²) in [6, 6.07) is 13.5. The lowest BCUT2D eigenvalue weighted by atomic mass is 10.1. The predicted octanol–water partition coefficient (Wildman–Crippen LogP) is 4.22. The summed E-state index contributed by atoms with van der Waals surface area (Å²) in [7, 11) is 0. The number of hydrogen-bond acceptors (Lipinski definition) is 2. The van der Waals surface area contributed by atoms with Gasteiger partial charge in [0.25, 0.3) is 0 Å². The van der Waals surface area contributed by atoms with Gasteiger partial charge in [-0.05, 0) is 35.9 Å². The van der Waals surface area contributed by atoms with E-state index in [1.54, 1.807) is 12.1 Å². The monoisotopic (exact) mass is 282 g/mol. The standard InChI is InChI=1S/C16H11FN2O2/c17-12-7-5-11(6-8-12)16-14(9-10-19(20)21)13-3-1-2-4-15(13)18-16/h1-10,18H. The minimum atomic E-state index is -0.504. The number of para-hydroxylation sites is 1. The van der Waals surface area contributed by atoms with Gasteiger partial charge in [0, 0.05) is 22.5 Å². The van der Waals surface area contributed by atoms with Crippen LogP contribution in [0.15, 0.2) is 54.7 Å². The van der Waals surface area contributed by atoms with Crippen LogP contribution in [0.5, 0.6) is 0 Å². The van der Waals surface area contributed by atoms with Crippen molar-refractivity contribution >= 4 is 17.0 Å². The Morgan fingerprint density at radius 1 is 1.10 bits per heavy atom. The van der Waals surface area contributed by atoms with Gasteiger partial charge in [0.05, 0.1) is 10.6 Å². The normalized spacial score (nSPS) is 11.3. The van der Waals surface area contributed by atoms with Crippen LogP contribution in [-0.4, -0.2) is 9.91 Å². The fraction of sp³-hybridized carbons (Fsp3) is 0. The van der Waals surface area contributed by atoms with Crippen molar-refractivity contribution < 1.29 is 9.31 Å². The zero-order chi connectivity index (χ0) is 14.8. The smallest absolute Gasteiger partial charge is 0.235 e. The van der Waals surface area contributed by atoms with Gasteiger partial charge >= 0.3 is 0 Å². The number of fused-ring (bicyclic) bond motifs is 1. The third-order valence-corrected chi connectivity index (χ3v) is 3.24. The number of rotatable bonds is 3. The second kappa shape index (κ2) is 5.20. The Morgan fingerprint density at radius 2 is 1.81 bits per heavy atom. The van der Waals surface area contributed by atoms with E-state index in [2.05, 4.69) is 4.98 Å². The number of aromatic nitrogens is 1. The molecule has 0 amide bonds. The lowest BCUT2D eigenvalue weighted by molar-refractivity contribution is -0.400. The molecule has 3 aromatic rings. The molecule has 0 saturated carbocycles. The van der Waals surface area contributed by atoms with Crippen molar-refractivity contribution in [3.8, 4) is 11.3 Å². The number of aromatic amines is 1. The Bertz CT molecular complexity index is 835. The molecule has 5 heteroatoms. The number of H-pyrrole nitrogens is 1. The maximum Gasteiger partial charge on any atom is 0.235 e. The van der Waals surface area contributed by atoms with Crippen LogP contribution in [0, 0.1) is 15.9 Å². The summed E-state index contributed by atoms with van der Waals surface area (Å²) < 4.78 is 13.0. The van der Waals surface area contributed by atoms with E-state index < -0.39 is 4.92 Å². The zero-order valence-electron chi connectivity index (χ0n) is 10.9. The first kappa shape index (κ1) is 13.1. The quantitative estimate of drug-likeness (QED) is 0.577. The van der Waals surface area contributed by atoms with Gasteiger partial charge in [-0.3, -0.25) is 10.1 Å². The first-order chi connectivity index (χ1) is 10.1. The van der Waals surface area contributed by atoms with Crippen molar-refractivity contribution in [2.75, 3.05) is 0 Å². The lowest BCUT2D eigenvalue weighted by Gasteiger charge is -2.00. The van der Waals surface area contributed by atoms with Crippen molar-refractivity contribution in [1.29, 1.82) is 0 Å².